The van der Waals surface area contributed by atoms with Gasteiger partial charge >= 0.3 is 0 Å². The van der Waals surface area contributed by atoms with Gasteiger partial charge in [0.15, 0.2) is 9.84 Å². The zero-order valence-electron chi connectivity index (χ0n) is 13.2. The van der Waals surface area contributed by atoms with Crippen molar-refractivity contribution >= 4 is 15.7 Å². The van der Waals surface area contributed by atoms with Crippen molar-refractivity contribution in [1.29, 1.82) is 0 Å². The van der Waals surface area contributed by atoms with Crippen LogP contribution in [0.15, 0.2) is 24.3 Å². The molecule has 122 valence electrons. The Labute approximate surface area is 133 Å². The second kappa shape index (κ2) is 7.77. The number of hydrogen-bond donors (Lipinski definition) is 1. The molecule has 1 saturated heterocycles. The van der Waals surface area contributed by atoms with Crippen LogP contribution in [-0.4, -0.2) is 32.4 Å². The van der Waals surface area contributed by atoms with Gasteiger partial charge in [-0.05, 0) is 42.7 Å². The third-order valence-corrected chi connectivity index (χ3v) is 6.11. The second-order valence-electron chi connectivity index (χ2n) is 6.08. The van der Waals surface area contributed by atoms with Crippen molar-refractivity contribution < 1.29 is 13.2 Å². The van der Waals surface area contributed by atoms with E-state index >= 15 is 0 Å². The van der Waals surface area contributed by atoms with Crippen LogP contribution in [0, 0.1) is 5.92 Å². The topological polar surface area (TPSA) is 63.2 Å². The minimum Gasteiger partial charge on any atom is -0.356 e. The fraction of sp³-hybridized carbons (Fsp3) is 0.588. The predicted octanol–water partition coefficient (Wildman–Crippen LogP) is 2.12. The monoisotopic (exact) mass is 323 g/mol. The van der Waals surface area contributed by atoms with Crippen LogP contribution in [0.3, 0.4) is 0 Å². The average Bonchev–Trinajstić information content (AvgIpc) is 2.85. The number of sulfone groups is 1. The highest BCUT2D eigenvalue weighted by Gasteiger charge is 2.27. The third-order valence-electron chi connectivity index (χ3n) is 4.27. The second-order valence-corrected chi connectivity index (χ2v) is 8.31. The predicted molar refractivity (Wildman–Crippen MR) is 88.5 cm³/mol. The Hall–Kier alpha value is -1.36. The Morgan fingerprint density at radius 1 is 1.23 bits per heavy atom. The van der Waals surface area contributed by atoms with Gasteiger partial charge in [0.25, 0.3) is 0 Å². The van der Waals surface area contributed by atoms with Crippen LogP contribution < -0.4 is 5.32 Å². The lowest BCUT2D eigenvalue weighted by Gasteiger charge is -2.09. The molecule has 1 aliphatic rings. The van der Waals surface area contributed by atoms with Crippen molar-refractivity contribution in [3.05, 3.63) is 35.4 Å². The van der Waals surface area contributed by atoms with E-state index < -0.39 is 9.84 Å². The lowest BCUT2D eigenvalue weighted by Crippen LogP contribution is -2.26. The number of hydrogen-bond acceptors (Lipinski definition) is 3. The molecule has 1 heterocycles. The van der Waals surface area contributed by atoms with Crippen LogP contribution in [0.25, 0.3) is 0 Å². The summed E-state index contributed by atoms with van der Waals surface area (Å²) in [4.78, 5) is 11.8. The Morgan fingerprint density at radius 2 is 1.91 bits per heavy atom. The largest absolute Gasteiger partial charge is 0.356 e. The van der Waals surface area contributed by atoms with Gasteiger partial charge in [-0.15, -0.1) is 0 Å². The standard InChI is InChI=1S/C17H25NO3S/c1-2-14-3-5-15(6-4-14)7-8-17(19)18-11-9-16-10-12-22(20,21)13-16/h3-6,16H,2,7-13H2,1H3,(H,18,19). The van der Waals surface area contributed by atoms with E-state index in [1.165, 1.54) is 11.1 Å². The minimum absolute atomic E-state index is 0.0421. The molecule has 2 rings (SSSR count). The quantitative estimate of drug-likeness (QED) is 0.836. The van der Waals surface area contributed by atoms with Gasteiger partial charge in [0, 0.05) is 13.0 Å². The van der Waals surface area contributed by atoms with Crippen LogP contribution in [0.2, 0.25) is 0 Å². The van der Waals surface area contributed by atoms with Gasteiger partial charge < -0.3 is 5.32 Å². The summed E-state index contributed by atoms with van der Waals surface area (Å²) in [6, 6.07) is 8.37. The fourth-order valence-electron chi connectivity index (χ4n) is 2.80. The fourth-order valence-corrected chi connectivity index (χ4v) is 4.71. The minimum atomic E-state index is -2.81. The molecule has 1 fully saturated rings. The van der Waals surface area contributed by atoms with Crippen molar-refractivity contribution in [3.63, 3.8) is 0 Å². The van der Waals surface area contributed by atoms with Crippen LogP contribution in [0.1, 0.15) is 37.3 Å². The van der Waals surface area contributed by atoms with Crippen LogP contribution in [0.4, 0.5) is 0 Å². The Balaban J connectivity index is 1.63. The first kappa shape index (κ1) is 17.0. The van der Waals surface area contributed by atoms with E-state index in [0.717, 1.165) is 25.7 Å². The maximum Gasteiger partial charge on any atom is 0.220 e. The molecule has 4 nitrogen and oxygen atoms in total. The number of rotatable bonds is 7. The summed E-state index contributed by atoms with van der Waals surface area (Å²) < 4.78 is 22.7. The molecule has 0 aromatic heterocycles. The molecule has 22 heavy (non-hydrogen) atoms. The molecule has 1 unspecified atom stereocenters. The van der Waals surface area contributed by atoms with Crippen LogP contribution in [0.5, 0.6) is 0 Å². The molecular weight excluding hydrogens is 298 g/mol. The molecule has 1 aromatic carbocycles. The normalized spacial score (nSPS) is 20.0. The van der Waals surface area contributed by atoms with Gasteiger partial charge in [-0.2, -0.15) is 0 Å². The molecular formula is C17H25NO3S. The van der Waals surface area contributed by atoms with Crippen molar-refractivity contribution in [2.75, 3.05) is 18.1 Å². The average molecular weight is 323 g/mol. The first-order valence-corrected chi connectivity index (χ1v) is 9.85. The Kier molecular flexibility index (Phi) is 6.00. The molecule has 1 aromatic rings. The molecule has 1 aliphatic heterocycles. The van der Waals surface area contributed by atoms with Crippen molar-refractivity contribution in [1.82, 2.24) is 5.32 Å². The van der Waals surface area contributed by atoms with E-state index in [-0.39, 0.29) is 17.6 Å². The zero-order valence-corrected chi connectivity index (χ0v) is 14.0. The maximum atomic E-state index is 11.8. The maximum absolute atomic E-state index is 11.8. The molecule has 5 heteroatoms. The smallest absolute Gasteiger partial charge is 0.220 e. The summed E-state index contributed by atoms with van der Waals surface area (Å²) in [6.07, 6.45) is 3.75. The summed E-state index contributed by atoms with van der Waals surface area (Å²) in [5, 5.41) is 2.90. The van der Waals surface area contributed by atoms with Crippen molar-refractivity contribution in [2.45, 2.75) is 39.0 Å². The summed E-state index contributed by atoms with van der Waals surface area (Å²) in [7, 11) is -2.81. The summed E-state index contributed by atoms with van der Waals surface area (Å²) in [5.41, 5.74) is 2.48. The lowest BCUT2D eigenvalue weighted by molar-refractivity contribution is -0.121. The van der Waals surface area contributed by atoms with Crippen molar-refractivity contribution in [3.8, 4) is 0 Å². The number of aryl methyl sites for hydroxylation is 2. The number of nitrogens with one attached hydrogen (secondary N) is 1. The lowest BCUT2D eigenvalue weighted by atomic mass is 10.0. The number of benzene rings is 1. The molecule has 1 amide bonds. The molecule has 0 radical (unpaired) electrons. The zero-order chi connectivity index (χ0) is 16.0. The summed E-state index contributed by atoms with van der Waals surface area (Å²) in [5.74, 6) is 0.846. The summed E-state index contributed by atoms with van der Waals surface area (Å²) in [6.45, 7) is 2.70. The molecule has 0 aliphatic carbocycles. The molecule has 0 spiro atoms. The van der Waals surface area contributed by atoms with E-state index in [9.17, 15) is 13.2 Å². The molecule has 1 N–H and O–H groups in total. The first-order valence-electron chi connectivity index (χ1n) is 8.03. The molecule has 1 atom stereocenters. The molecule has 0 bridgehead atoms. The first-order chi connectivity index (χ1) is 10.5. The SMILES string of the molecule is CCc1ccc(CCC(=O)NCCC2CCS(=O)(=O)C2)cc1. The Morgan fingerprint density at radius 3 is 2.50 bits per heavy atom. The number of carbonyl (C=O) groups excluding carboxylic acids is 1. The molecule has 0 saturated carbocycles. The van der Waals surface area contributed by atoms with E-state index in [4.69, 9.17) is 0 Å². The van der Waals surface area contributed by atoms with Gasteiger partial charge in [-0.3, -0.25) is 4.79 Å². The van der Waals surface area contributed by atoms with Crippen LogP contribution >= 0.6 is 0 Å². The van der Waals surface area contributed by atoms with Gasteiger partial charge in [0.2, 0.25) is 5.91 Å². The van der Waals surface area contributed by atoms with E-state index in [1.807, 2.05) is 0 Å². The highest BCUT2D eigenvalue weighted by molar-refractivity contribution is 7.91. The van der Waals surface area contributed by atoms with Gasteiger partial charge in [0.05, 0.1) is 11.5 Å². The van der Waals surface area contributed by atoms with Crippen molar-refractivity contribution in [2.24, 2.45) is 5.92 Å². The third kappa shape index (κ3) is 5.44. The van der Waals surface area contributed by atoms with E-state index in [0.29, 0.717) is 18.7 Å². The highest BCUT2D eigenvalue weighted by atomic mass is 32.2. The highest BCUT2D eigenvalue weighted by Crippen LogP contribution is 2.20. The number of carbonyl (C=O) groups is 1. The van der Waals surface area contributed by atoms with E-state index in [1.54, 1.807) is 0 Å². The van der Waals surface area contributed by atoms with E-state index in [2.05, 4.69) is 36.5 Å². The van der Waals surface area contributed by atoms with Gasteiger partial charge in [-0.25, -0.2) is 8.42 Å². The Bertz CT molecular complexity index is 593. The van der Waals surface area contributed by atoms with Crippen LogP contribution in [-0.2, 0) is 27.5 Å². The van der Waals surface area contributed by atoms with Gasteiger partial charge in [0.1, 0.15) is 0 Å². The van der Waals surface area contributed by atoms with Gasteiger partial charge in [-0.1, -0.05) is 31.2 Å². The summed E-state index contributed by atoms with van der Waals surface area (Å²) >= 11 is 0. The number of amides is 1.